The summed E-state index contributed by atoms with van der Waals surface area (Å²) >= 11 is 3.62. The van der Waals surface area contributed by atoms with Crippen molar-refractivity contribution in [2.45, 2.75) is 32.2 Å². The second-order valence-electron chi connectivity index (χ2n) is 5.35. The van der Waals surface area contributed by atoms with E-state index in [9.17, 15) is 5.11 Å². The van der Waals surface area contributed by atoms with Crippen molar-refractivity contribution < 1.29 is 5.11 Å². The van der Waals surface area contributed by atoms with Crippen LogP contribution in [0.5, 0.6) is 0 Å². The minimum absolute atomic E-state index is 0.00783. The highest BCUT2D eigenvalue weighted by Crippen LogP contribution is 2.31. The van der Waals surface area contributed by atoms with Gasteiger partial charge >= 0.3 is 0 Å². The molecule has 0 saturated heterocycles. The van der Waals surface area contributed by atoms with E-state index in [4.69, 9.17) is 5.73 Å². The van der Waals surface area contributed by atoms with E-state index in [0.717, 1.165) is 28.0 Å². The second kappa shape index (κ2) is 6.73. The molecule has 0 amide bonds. The Morgan fingerprint density at radius 1 is 1.33 bits per heavy atom. The van der Waals surface area contributed by atoms with E-state index >= 15 is 0 Å². The summed E-state index contributed by atoms with van der Waals surface area (Å²) in [5.41, 5.74) is 8.66. The molecule has 5 heteroatoms. The molecule has 0 bridgehead atoms. The summed E-state index contributed by atoms with van der Waals surface area (Å²) in [6.45, 7) is 5.23. The number of hydrogen-bond acceptors (Lipinski definition) is 3. The molecular weight excluding hydrogens is 330 g/mol. The maximum absolute atomic E-state index is 10.0. The van der Waals surface area contributed by atoms with E-state index in [1.54, 1.807) is 0 Å². The lowest BCUT2D eigenvalue weighted by atomic mass is 9.77. The van der Waals surface area contributed by atoms with Gasteiger partial charge in [0.2, 0.25) is 0 Å². The van der Waals surface area contributed by atoms with Gasteiger partial charge in [-0.3, -0.25) is 4.68 Å². The highest BCUT2D eigenvalue weighted by Gasteiger charge is 2.33. The van der Waals surface area contributed by atoms with Crippen LogP contribution >= 0.6 is 15.9 Å². The van der Waals surface area contributed by atoms with Crippen LogP contribution in [0, 0.1) is 6.92 Å². The first kappa shape index (κ1) is 16.2. The zero-order valence-electron chi connectivity index (χ0n) is 12.5. The van der Waals surface area contributed by atoms with Crippen LogP contribution in [0.2, 0.25) is 0 Å². The highest BCUT2D eigenvalue weighted by molar-refractivity contribution is 9.10. The van der Waals surface area contributed by atoms with Crippen molar-refractivity contribution in [1.29, 1.82) is 0 Å². The molecule has 0 aliphatic carbocycles. The summed E-state index contributed by atoms with van der Waals surface area (Å²) in [6, 6.07) is 9.98. The lowest BCUT2D eigenvalue weighted by Gasteiger charge is -2.31. The molecule has 114 valence electrons. The van der Waals surface area contributed by atoms with Crippen molar-refractivity contribution in [1.82, 2.24) is 9.78 Å². The maximum Gasteiger partial charge on any atom is 0.0738 e. The van der Waals surface area contributed by atoms with Crippen molar-refractivity contribution in [2.24, 2.45) is 5.73 Å². The molecule has 1 atom stereocenters. The van der Waals surface area contributed by atoms with E-state index in [1.165, 1.54) is 0 Å². The molecule has 4 nitrogen and oxygen atoms in total. The Morgan fingerprint density at radius 3 is 2.52 bits per heavy atom. The molecule has 0 radical (unpaired) electrons. The lowest BCUT2D eigenvalue weighted by Crippen LogP contribution is -2.41. The zero-order valence-corrected chi connectivity index (χ0v) is 14.1. The summed E-state index contributed by atoms with van der Waals surface area (Å²) in [5, 5.41) is 14.6. The van der Waals surface area contributed by atoms with Gasteiger partial charge in [0, 0.05) is 24.9 Å². The molecule has 1 unspecified atom stereocenters. The summed E-state index contributed by atoms with van der Waals surface area (Å²) in [7, 11) is 0. The fourth-order valence-electron chi connectivity index (χ4n) is 2.65. The van der Waals surface area contributed by atoms with Crippen LogP contribution in [0.4, 0.5) is 0 Å². The Bertz CT molecular complexity index is 591. The first-order valence-corrected chi connectivity index (χ1v) is 7.95. The Balaban J connectivity index is 2.46. The molecule has 2 aromatic rings. The Morgan fingerprint density at radius 2 is 2.00 bits per heavy atom. The molecule has 1 heterocycles. The summed E-state index contributed by atoms with van der Waals surface area (Å²) in [4.78, 5) is 0. The molecule has 1 aromatic carbocycles. The van der Waals surface area contributed by atoms with Crippen LogP contribution in [0.25, 0.3) is 0 Å². The normalized spacial score (nSPS) is 14.1. The maximum atomic E-state index is 10.0. The number of aliphatic hydroxyl groups is 1. The Labute approximate surface area is 134 Å². The standard InChI is InChI=1S/C16H22BrN3O/c1-3-20-14(15(17)12(2)19-20)9-16(10-18,11-21)13-7-5-4-6-8-13/h4-8,21H,3,9-11,18H2,1-2H3. The number of nitrogens with two attached hydrogens (primary N) is 1. The van der Waals surface area contributed by atoms with Gasteiger partial charge in [-0.25, -0.2) is 0 Å². The van der Waals surface area contributed by atoms with Crippen molar-refractivity contribution in [3.8, 4) is 0 Å². The number of aromatic nitrogens is 2. The fraction of sp³-hybridized carbons (Fsp3) is 0.438. The van der Waals surface area contributed by atoms with Gasteiger partial charge < -0.3 is 10.8 Å². The van der Waals surface area contributed by atoms with Gasteiger partial charge in [-0.1, -0.05) is 30.3 Å². The monoisotopic (exact) mass is 351 g/mol. The predicted molar refractivity (Wildman–Crippen MR) is 88.3 cm³/mol. The largest absolute Gasteiger partial charge is 0.395 e. The number of benzene rings is 1. The molecule has 0 spiro atoms. The van der Waals surface area contributed by atoms with Gasteiger partial charge in [-0.05, 0) is 35.3 Å². The minimum atomic E-state index is -0.483. The van der Waals surface area contributed by atoms with Gasteiger partial charge in [0.05, 0.1) is 22.5 Å². The zero-order chi connectivity index (χ0) is 15.5. The van der Waals surface area contributed by atoms with E-state index < -0.39 is 5.41 Å². The average molecular weight is 352 g/mol. The summed E-state index contributed by atoms with van der Waals surface area (Å²) < 4.78 is 2.98. The van der Waals surface area contributed by atoms with Crippen LogP contribution in [0.1, 0.15) is 23.9 Å². The molecule has 21 heavy (non-hydrogen) atoms. The lowest BCUT2D eigenvalue weighted by molar-refractivity contribution is 0.193. The van der Waals surface area contributed by atoms with Gasteiger partial charge in [-0.2, -0.15) is 5.10 Å². The first-order valence-electron chi connectivity index (χ1n) is 7.16. The SMILES string of the molecule is CCn1nc(C)c(Br)c1CC(CN)(CO)c1ccccc1. The van der Waals surface area contributed by atoms with Crippen LogP contribution < -0.4 is 5.73 Å². The average Bonchev–Trinajstić information content (AvgIpc) is 2.80. The second-order valence-corrected chi connectivity index (χ2v) is 6.14. The third-order valence-corrected chi connectivity index (χ3v) is 5.07. The van der Waals surface area contributed by atoms with Crippen LogP contribution in [-0.4, -0.2) is 28.0 Å². The fourth-order valence-corrected chi connectivity index (χ4v) is 3.08. The van der Waals surface area contributed by atoms with Crippen molar-refractivity contribution in [3.05, 3.63) is 51.8 Å². The van der Waals surface area contributed by atoms with Gasteiger partial charge in [0.15, 0.2) is 0 Å². The molecule has 2 rings (SSSR count). The van der Waals surface area contributed by atoms with Crippen LogP contribution in [-0.2, 0) is 18.4 Å². The van der Waals surface area contributed by atoms with Crippen molar-refractivity contribution in [2.75, 3.05) is 13.2 Å². The Kier molecular flexibility index (Phi) is 5.19. The number of halogens is 1. The summed E-state index contributed by atoms with van der Waals surface area (Å²) in [5.74, 6) is 0. The van der Waals surface area contributed by atoms with Crippen LogP contribution in [0.3, 0.4) is 0 Å². The van der Waals surface area contributed by atoms with Gasteiger partial charge in [-0.15, -0.1) is 0 Å². The van der Waals surface area contributed by atoms with E-state index in [-0.39, 0.29) is 6.61 Å². The molecule has 3 N–H and O–H groups in total. The number of nitrogens with zero attached hydrogens (tertiary/aromatic N) is 2. The summed E-state index contributed by atoms with van der Waals surface area (Å²) in [6.07, 6.45) is 0.652. The Hall–Kier alpha value is -1.17. The number of hydrogen-bond donors (Lipinski definition) is 2. The molecule has 0 aliphatic heterocycles. The third kappa shape index (κ3) is 3.05. The topological polar surface area (TPSA) is 64.1 Å². The van der Waals surface area contributed by atoms with Crippen molar-refractivity contribution in [3.63, 3.8) is 0 Å². The smallest absolute Gasteiger partial charge is 0.0738 e. The van der Waals surface area contributed by atoms with Gasteiger partial charge in [0.1, 0.15) is 0 Å². The number of rotatable bonds is 6. The quantitative estimate of drug-likeness (QED) is 0.839. The third-order valence-electron chi connectivity index (χ3n) is 4.04. The first-order chi connectivity index (χ1) is 10.1. The number of aliphatic hydroxyl groups excluding tert-OH is 1. The minimum Gasteiger partial charge on any atom is -0.395 e. The molecule has 0 saturated carbocycles. The van der Waals surface area contributed by atoms with E-state index in [1.807, 2.05) is 41.9 Å². The van der Waals surface area contributed by atoms with E-state index in [2.05, 4.69) is 28.0 Å². The van der Waals surface area contributed by atoms with E-state index in [0.29, 0.717) is 13.0 Å². The molecule has 0 fully saturated rings. The van der Waals surface area contributed by atoms with Crippen LogP contribution in [0.15, 0.2) is 34.8 Å². The van der Waals surface area contributed by atoms with Gasteiger partial charge in [0.25, 0.3) is 0 Å². The highest BCUT2D eigenvalue weighted by atomic mass is 79.9. The number of aryl methyl sites for hydroxylation is 2. The molecule has 0 aliphatic rings. The predicted octanol–water partition coefficient (Wildman–Crippen LogP) is 2.41. The van der Waals surface area contributed by atoms with Crippen molar-refractivity contribution >= 4 is 15.9 Å². The molecular formula is C16H22BrN3O. The molecule has 1 aromatic heterocycles.